The number of nitrogens with one attached hydrogen (secondary N) is 2. The van der Waals surface area contributed by atoms with E-state index in [1.165, 1.54) is 29.7 Å². The summed E-state index contributed by atoms with van der Waals surface area (Å²) in [4.78, 5) is 27.6. The van der Waals surface area contributed by atoms with Crippen LogP contribution in [0.4, 0.5) is 4.79 Å². The number of carboxylic acids is 1. The number of urea groups is 1. The largest absolute Gasteiger partial charge is 0.507 e. The van der Waals surface area contributed by atoms with Crippen molar-refractivity contribution >= 4 is 35.1 Å². The van der Waals surface area contributed by atoms with Crippen molar-refractivity contribution in [2.24, 2.45) is 16.6 Å². The molecule has 1 aromatic heterocycles. The van der Waals surface area contributed by atoms with Crippen LogP contribution in [-0.2, 0) is 4.79 Å². The number of thiophene rings is 1. The predicted octanol–water partition coefficient (Wildman–Crippen LogP) is 2.16. The Morgan fingerprint density at radius 1 is 1.46 bits per heavy atom. The number of aliphatic carboxylic acids is 1. The summed E-state index contributed by atoms with van der Waals surface area (Å²) in [5, 5.41) is 28.9. The SMILES string of the molecule is CN=CC(=CN)C1=C(c2ccsc2)[C@H](C2C=C(O)C(C(=O)O)=CC2)NC(=O)N1. The number of carbonyl (C=O) groups is 2. The minimum atomic E-state index is -1.19. The second kappa shape index (κ2) is 8.13. The molecule has 2 atom stereocenters. The highest BCUT2D eigenvalue weighted by atomic mass is 32.1. The summed E-state index contributed by atoms with van der Waals surface area (Å²) >= 11 is 1.51. The molecule has 0 saturated heterocycles. The van der Waals surface area contributed by atoms with Crippen molar-refractivity contribution in [2.45, 2.75) is 12.5 Å². The number of allylic oxidation sites excluding steroid dienone is 2. The molecule has 2 amide bonds. The lowest BCUT2D eigenvalue weighted by Crippen LogP contribution is -2.51. The van der Waals surface area contributed by atoms with Crippen molar-refractivity contribution in [3.63, 3.8) is 0 Å². The van der Waals surface area contributed by atoms with E-state index in [9.17, 15) is 14.7 Å². The lowest BCUT2D eigenvalue weighted by molar-refractivity contribution is -0.132. The van der Waals surface area contributed by atoms with Gasteiger partial charge in [0.05, 0.1) is 17.3 Å². The fraction of sp³-hybridized carbons (Fsp3) is 0.211. The van der Waals surface area contributed by atoms with Crippen LogP contribution in [-0.4, -0.2) is 41.5 Å². The molecule has 0 aromatic carbocycles. The molecule has 28 heavy (non-hydrogen) atoms. The molecule has 1 aromatic rings. The summed E-state index contributed by atoms with van der Waals surface area (Å²) in [5.41, 5.74) is 8.39. The van der Waals surface area contributed by atoms with E-state index in [0.717, 1.165) is 11.1 Å². The Bertz CT molecular complexity index is 941. The van der Waals surface area contributed by atoms with Crippen LogP contribution in [0.3, 0.4) is 0 Å². The predicted molar refractivity (Wildman–Crippen MR) is 108 cm³/mol. The van der Waals surface area contributed by atoms with Crippen LogP contribution in [0.5, 0.6) is 0 Å². The van der Waals surface area contributed by atoms with Crippen LogP contribution >= 0.6 is 11.3 Å². The molecule has 0 spiro atoms. The molecule has 0 bridgehead atoms. The maximum Gasteiger partial charge on any atom is 0.339 e. The van der Waals surface area contributed by atoms with Crippen LogP contribution in [0.15, 0.2) is 62.8 Å². The molecule has 1 aliphatic carbocycles. The molecule has 2 heterocycles. The Hall–Kier alpha value is -3.33. The zero-order valence-electron chi connectivity index (χ0n) is 15.0. The first-order chi connectivity index (χ1) is 13.5. The summed E-state index contributed by atoms with van der Waals surface area (Å²) in [7, 11) is 1.61. The second-order valence-corrected chi connectivity index (χ2v) is 7.04. The van der Waals surface area contributed by atoms with Crippen LogP contribution in [0.2, 0.25) is 0 Å². The van der Waals surface area contributed by atoms with Crippen molar-refractivity contribution in [2.75, 3.05) is 7.05 Å². The lowest BCUT2D eigenvalue weighted by atomic mass is 9.81. The van der Waals surface area contributed by atoms with Crippen LogP contribution in [0, 0.1) is 5.92 Å². The van der Waals surface area contributed by atoms with E-state index >= 15 is 0 Å². The molecule has 2 aliphatic rings. The van der Waals surface area contributed by atoms with Crippen molar-refractivity contribution in [3.05, 3.63) is 63.3 Å². The van der Waals surface area contributed by atoms with Gasteiger partial charge in [0.15, 0.2) is 0 Å². The molecule has 146 valence electrons. The quantitative estimate of drug-likeness (QED) is 0.482. The lowest BCUT2D eigenvalue weighted by Gasteiger charge is -2.35. The molecule has 0 fully saturated rings. The van der Waals surface area contributed by atoms with E-state index in [0.29, 0.717) is 17.7 Å². The van der Waals surface area contributed by atoms with Gasteiger partial charge in [0.2, 0.25) is 0 Å². The average Bonchev–Trinajstić information content (AvgIpc) is 3.19. The summed E-state index contributed by atoms with van der Waals surface area (Å²) in [6, 6.07) is 1.02. The third kappa shape index (κ3) is 3.70. The van der Waals surface area contributed by atoms with E-state index < -0.39 is 18.0 Å². The van der Waals surface area contributed by atoms with Crippen molar-refractivity contribution in [3.8, 4) is 0 Å². The number of amides is 2. The van der Waals surface area contributed by atoms with Crippen LogP contribution in [0.1, 0.15) is 12.0 Å². The second-order valence-electron chi connectivity index (χ2n) is 6.26. The monoisotopic (exact) mass is 400 g/mol. The van der Waals surface area contributed by atoms with Gasteiger partial charge in [0.1, 0.15) is 5.76 Å². The van der Waals surface area contributed by atoms with Gasteiger partial charge >= 0.3 is 12.0 Å². The Labute approximate surface area is 165 Å². The maximum atomic E-state index is 12.4. The molecule has 1 unspecified atom stereocenters. The minimum Gasteiger partial charge on any atom is -0.507 e. The maximum absolute atomic E-state index is 12.4. The number of carbonyl (C=O) groups excluding carboxylic acids is 1. The van der Waals surface area contributed by atoms with Gasteiger partial charge in [-0.1, -0.05) is 6.08 Å². The molecule has 8 nitrogen and oxygen atoms in total. The van der Waals surface area contributed by atoms with Crippen LogP contribution < -0.4 is 16.4 Å². The fourth-order valence-corrected chi connectivity index (χ4v) is 4.01. The highest BCUT2D eigenvalue weighted by Gasteiger charge is 2.35. The van der Waals surface area contributed by atoms with Gasteiger partial charge in [-0.3, -0.25) is 4.99 Å². The molecular weight excluding hydrogens is 380 g/mol. The number of nitrogens with zero attached hydrogens (tertiary/aromatic N) is 1. The molecule has 1 aliphatic heterocycles. The first kappa shape index (κ1) is 19.4. The average molecular weight is 400 g/mol. The number of hydrogen-bond acceptors (Lipinski definition) is 6. The summed E-state index contributed by atoms with van der Waals surface area (Å²) in [5.74, 6) is -1.84. The van der Waals surface area contributed by atoms with E-state index in [-0.39, 0.29) is 17.3 Å². The van der Waals surface area contributed by atoms with Gasteiger partial charge in [-0.25, -0.2) is 9.59 Å². The molecular formula is C19H20N4O4S. The smallest absolute Gasteiger partial charge is 0.339 e. The van der Waals surface area contributed by atoms with Gasteiger partial charge in [-0.2, -0.15) is 11.3 Å². The Balaban J connectivity index is 2.12. The first-order valence-electron chi connectivity index (χ1n) is 8.49. The van der Waals surface area contributed by atoms with Crippen molar-refractivity contribution in [1.82, 2.24) is 10.6 Å². The fourth-order valence-electron chi connectivity index (χ4n) is 3.35. The topological polar surface area (TPSA) is 137 Å². The first-order valence-corrected chi connectivity index (χ1v) is 9.43. The van der Waals surface area contributed by atoms with Gasteiger partial charge in [-0.15, -0.1) is 0 Å². The number of aliphatic hydroxyl groups is 1. The van der Waals surface area contributed by atoms with Gasteiger partial charge in [0, 0.05) is 36.5 Å². The van der Waals surface area contributed by atoms with Gasteiger partial charge < -0.3 is 26.6 Å². The molecule has 3 rings (SSSR count). The number of aliphatic imine (C=N–C) groups is 1. The Kier molecular flexibility index (Phi) is 5.65. The standard InChI is InChI=1S/C19H20N4O4S/c1-21-8-12(7-20)17-15(11-4-5-28-9-11)16(22-19(27)23-17)10-2-3-13(18(25)26)14(24)6-10/h3-10,16,24H,2,20H2,1H3,(H,25,26)(H2,22,23,27)/t10?,16-/m0/s1. The van der Waals surface area contributed by atoms with E-state index in [2.05, 4.69) is 15.6 Å². The highest BCUT2D eigenvalue weighted by Crippen LogP contribution is 2.36. The molecule has 0 radical (unpaired) electrons. The molecule has 9 heteroatoms. The van der Waals surface area contributed by atoms with E-state index in [1.807, 2.05) is 16.8 Å². The highest BCUT2D eigenvalue weighted by molar-refractivity contribution is 7.08. The Morgan fingerprint density at radius 3 is 2.82 bits per heavy atom. The third-order valence-corrected chi connectivity index (χ3v) is 5.26. The van der Waals surface area contributed by atoms with E-state index in [4.69, 9.17) is 10.8 Å². The molecule has 6 N–H and O–H groups in total. The normalized spacial score (nSPS) is 23.2. The number of nitrogens with two attached hydrogens (primary N) is 1. The van der Waals surface area contributed by atoms with Crippen LogP contribution in [0.25, 0.3) is 5.57 Å². The van der Waals surface area contributed by atoms with Crippen molar-refractivity contribution < 1.29 is 19.8 Å². The summed E-state index contributed by atoms with van der Waals surface area (Å²) in [6.45, 7) is 0. The number of hydrogen-bond donors (Lipinski definition) is 5. The number of aliphatic hydroxyl groups excluding tert-OH is 1. The number of carboxylic acid groups (broad SMARTS) is 1. The van der Waals surface area contributed by atoms with Crippen molar-refractivity contribution in [1.29, 1.82) is 0 Å². The zero-order valence-corrected chi connectivity index (χ0v) is 15.9. The third-order valence-electron chi connectivity index (χ3n) is 4.57. The van der Waals surface area contributed by atoms with E-state index in [1.54, 1.807) is 13.3 Å². The van der Waals surface area contributed by atoms with Gasteiger partial charge in [-0.05, 0) is 34.9 Å². The summed E-state index contributed by atoms with van der Waals surface area (Å²) in [6.07, 6.45) is 6.22. The summed E-state index contributed by atoms with van der Waals surface area (Å²) < 4.78 is 0. The number of rotatable bonds is 5. The van der Waals surface area contributed by atoms with Gasteiger partial charge in [0.25, 0.3) is 0 Å². The molecule has 0 saturated carbocycles. The minimum absolute atomic E-state index is 0.140. The Morgan fingerprint density at radius 2 is 2.25 bits per heavy atom. The zero-order chi connectivity index (χ0) is 20.3.